The van der Waals surface area contributed by atoms with Crippen LogP contribution in [-0.4, -0.2) is 47.5 Å². The van der Waals surface area contributed by atoms with Crippen molar-refractivity contribution in [2.75, 3.05) is 19.7 Å². The smallest absolute Gasteiger partial charge is 0.318 e. The van der Waals surface area contributed by atoms with E-state index in [1.54, 1.807) is 16.2 Å². The Morgan fingerprint density at radius 1 is 0.943 bits per heavy atom. The van der Waals surface area contributed by atoms with Gasteiger partial charge in [0.2, 0.25) is 5.91 Å². The zero-order valence-corrected chi connectivity index (χ0v) is 21.0. The molecule has 3 aromatic rings. The molecule has 4 rings (SSSR count). The molecule has 2 heterocycles. The molecule has 0 saturated carbocycles. The number of amides is 3. The normalized spacial score (nSPS) is 15.1. The molecule has 1 aliphatic heterocycles. The van der Waals surface area contributed by atoms with Gasteiger partial charge in [-0.25, -0.2) is 4.79 Å². The standard InChI is InChI=1S/C28H33N3O3S/c1-22-14-15-26(35-22)20-30(18-24-11-6-3-7-12-24)27(32)21-31(19-25-13-8-16-34-25)28(33)29-17-23-9-4-2-5-10-23/h2-7,9-12,14-15,25H,8,13,16-21H2,1H3,(H,29,33). The van der Waals surface area contributed by atoms with Crippen LogP contribution in [0.25, 0.3) is 0 Å². The quantitative estimate of drug-likeness (QED) is 0.435. The summed E-state index contributed by atoms with van der Waals surface area (Å²) >= 11 is 1.69. The number of aryl methyl sites for hydroxylation is 1. The fourth-order valence-corrected chi connectivity index (χ4v) is 5.10. The molecule has 1 aliphatic rings. The lowest BCUT2D eigenvalue weighted by Crippen LogP contribution is -2.48. The van der Waals surface area contributed by atoms with Crippen molar-refractivity contribution >= 4 is 23.3 Å². The topological polar surface area (TPSA) is 61.9 Å². The molecule has 35 heavy (non-hydrogen) atoms. The maximum absolute atomic E-state index is 13.6. The molecule has 6 nitrogen and oxygen atoms in total. The van der Waals surface area contributed by atoms with Gasteiger partial charge in [0.25, 0.3) is 0 Å². The first-order valence-corrected chi connectivity index (χ1v) is 12.9. The van der Waals surface area contributed by atoms with Gasteiger partial charge in [0, 0.05) is 36.0 Å². The number of benzene rings is 2. The van der Waals surface area contributed by atoms with Crippen molar-refractivity contribution in [3.8, 4) is 0 Å². The highest BCUT2D eigenvalue weighted by atomic mass is 32.1. The second kappa shape index (κ2) is 12.5. The highest BCUT2D eigenvalue weighted by Crippen LogP contribution is 2.20. The number of hydrogen-bond donors (Lipinski definition) is 1. The summed E-state index contributed by atoms with van der Waals surface area (Å²) in [4.78, 5) is 32.6. The van der Waals surface area contributed by atoms with Gasteiger partial charge in [0.1, 0.15) is 6.54 Å². The van der Waals surface area contributed by atoms with Crippen molar-refractivity contribution in [2.45, 2.75) is 45.5 Å². The molecular weight excluding hydrogens is 458 g/mol. The number of urea groups is 1. The molecule has 184 valence electrons. The van der Waals surface area contributed by atoms with E-state index in [-0.39, 0.29) is 24.6 Å². The van der Waals surface area contributed by atoms with E-state index in [0.717, 1.165) is 28.8 Å². The first-order valence-electron chi connectivity index (χ1n) is 12.1. The third kappa shape index (κ3) is 7.67. The number of nitrogens with zero attached hydrogens (tertiary/aromatic N) is 2. The monoisotopic (exact) mass is 491 g/mol. The van der Waals surface area contributed by atoms with E-state index in [9.17, 15) is 9.59 Å². The van der Waals surface area contributed by atoms with E-state index < -0.39 is 0 Å². The maximum Gasteiger partial charge on any atom is 0.318 e. The van der Waals surface area contributed by atoms with E-state index in [0.29, 0.717) is 32.8 Å². The number of thiophene rings is 1. The van der Waals surface area contributed by atoms with Crippen LogP contribution >= 0.6 is 11.3 Å². The minimum atomic E-state index is -0.246. The van der Waals surface area contributed by atoms with Crippen LogP contribution in [0.1, 0.15) is 33.7 Å². The molecular formula is C28H33N3O3S. The highest BCUT2D eigenvalue weighted by Gasteiger charge is 2.26. The summed E-state index contributed by atoms with van der Waals surface area (Å²) in [5, 5.41) is 2.98. The molecule has 2 aromatic carbocycles. The molecule has 1 saturated heterocycles. The lowest BCUT2D eigenvalue weighted by atomic mass is 10.2. The maximum atomic E-state index is 13.6. The Morgan fingerprint density at radius 3 is 2.29 bits per heavy atom. The van der Waals surface area contributed by atoms with Crippen LogP contribution in [0.15, 0.2) is 72.8 Å². The lowest BCUT2D eigenvalue weighted by Gasteiger charge is -2.29. The molecule has 0 bridgehead atoms. The van der Waals surface area contributed by atoms with Gasteiger partial charge in [-0.2, -0.15) is 0 Å². The van der Waals surface area contributed by atoms with Crippen molar-refractivity contribution in [2.24, 2.45) is 0 Å². The minimum Gasteiger partial charge on any atom is -0.376 e. The molecule has 1 unspecified atom stereocenters. The van der Waals surface area contributed by atoms with Crippen molar-refractivity contribution in [3.63, 3.8) is 0 Å². The predicted molar refractivity (Wildman–Crippen MR) is 139 cm³/mol. The van der Waals surface area contributed by atoms with Crippen molar-refractivity contribution in [1.29, 1.82) is 0 Å². The number of rotatable bonds is 10. The zero-order chi connectivity index (χ0) is 24.5. The van der Waals surface area contributed by atoms with Crippen molar-refractivity contribution in [1.82, 2.24) is 15.1 Å². The summed E-state index contributed by atoms with van der Waals surface area (Å²) in [5.74, 6) is -0.0761. The van der Waals surface area contributed by atoms with Crippen LogP contribution in [-0.2, 0) is 29.2 Å². The molecule has 0 spiro atoms. The first-order chi connectivity index (χ1) is 17.1. The summed E-state index contributed by atoms with van der Waals surface area (Å²) in [6.07, 6.45) is 1.85. The molecule has 7 heteroatoms. The molecule has 0 aliphatic carbocycles. The predicted octanol–water partition coefficient (Wildman–Crippen LogP) is 4.98. The first kappa shape index (κ1) is 24.9. The van der Waals surface area contributed by atoms with Crippen LogP contribution in [0, 0.1) is 6.92 Å². The number of carbonyl (C=O) groups is 2. The highest BCUT2D eigenvalue weighted by molar-refractivity contribution is 7.11. The van der Waals surface area contributed by atoms with Crippen LogP contribution in [0.2, 0.25) is 0 Å². The fraction of sp³-hybridized carbons (Fsp3) is 0.357. The Labute approximate surface area is 211 Å². The fourth-order valence-electron chi connectivity index (χ4n) is 4.20. The average Bonchev–Trinajstić information content (AvgIpc) is 3.54. The third-order valence-electron chi connectivity index (χ3n) is 6.06. The van der Waals surface area contributed by atoms with Gasteiger partial charge in [0.15, 0.2) is 0 Å². The summed E-state index contributed by atoms with van der Waals surface area (Å²) in [5.41, 5.74) is 2.08. The summed E-state index contributed by atoms with van der Waals surface area (Å²) in [6, 6.07) is 23.7. The molecule has 1 fully saturated rings. The van der Waals surface area contributed by atoms with E-state index in [4.69, 9.17) is 4.74 Å². The number of nitrogens with one attached hydrogen (secondary N) is 1. The summed E-state index contributed by atoms with van der Waals surface area (Å²) < 4.78 is 5.79. The number of carbonyl (C=O) groups excluding carboxylic acids is 2. The summed E-state index contributed by atoms with van der Waals surface area (Å²) in [6.45, 7) is 4.62. The van der Waals surface area contributed by atoms with Gasteiger partial charge in [-0.15, -0.1) is 11.3 Å². The Morgan fingerprint density at radius 2 is 1.66 bits per heavy atom. The minimum absolute atomic E-state index is 0.0116. The Hall–Kier alpha value is -3.16. The molecule has 0 radical (unpaired) electrons. The molecule has 1 aromatic heterocycles. The third-order valence-corrected chi connectivity index (χ3v) is 7.05. The Bertz CT molecular complexity index is 1080. The van der Waals surface area contributed by atoms with E-state index >= 15 is 0 Å². The van der Waals surface area contributed by atoms with E-state index in [2.05, 4.69) is 24.4 Å². The van der Waals surface area contributed by atoms with Crippen molar-refractivity contribution < 1.29 is 14.3 Å². The van der Waals surface area contributed by atoms with E-state index in [1.807, 2.05) is 65.6 Å². The van der Waals surface area contributed by atoms with E-state index in [1.165, 1.54) is 4.88 Å². The van der Waals surface area contributed by atoms with Gasteiger partial charge in [-0.05, 0) is 43.0 Å². The molecule has 1 atom stereocenters. The van der Waals surface area contributed by atoms with Crippen molar-refractivity contribution in [3.05, 3.63) is 93.7 Å². The van der Waals surface area contributed by atoms with Gasteiger partial charge in [-0.3, -0.25) is 4.79 Å². The average molecular weight is 492 g/mol. The second-order valence-electron chi connectivity index (χ2n) is 8.91. The largest absolute Gasteiger partial charge is 0.376 e. The number of hydrogen-bond acceptors (Lipinski definition) is 4. The van der Waals surface area contributed by atoms with Gasteiger partial charge in [0.05, 0.1) is 12.6 Å². The van der Waals surface area contributed by atoms with Crippen LogP contribution in [0.4, 0.5) is 4.79 Å². The summed E-state index contributed by atoms with van der Waals surface area (Å²) in [7, 11) is 0. The van der Waals surface area contributed by atoms with Gasteiger partial charge < -0.3 is 19.9 Å². The lowest BCUT2D eigenvalue weighted by molar-refractivity contribution is -0.133. The molecule has 1 N–H and O–H groups in total. The van der Waals surface area contributed by atoms with Crippen LogP contribution in [0.5, 0.6) is 0 Å². The SMILES string of the molecule is Cc1ccc(CN(Cc2ccccc2)C(=O)CN(CC2CCCO2)C(=O)NCc2ccccc2)s1. The van der Waals surface area contributed by atoms with Gasteiger partial charge in [-0.1, -0.05) is 60.7 Å². The van der Waals surface area contributed by atoms with Crippen LogP contribution < -0.4 is 5.32 Å². The Kier molecular flexibility index (Phi) is 8.92. The zero-order valence-electron chi connectivity index (χ0n) is 20.2. The molecule has 3 amide bonds. The number of ether oxygens (including phenoxy) is 1. The van der Waals surface area contributed by atoms with Crippen LogP contribution in [0.3, 0.4) is 0 Å². The van der Waals surface area contributed by atoms with Gasteiger partial charge >= 0.3 is 6.03 Å². The Balaban J connectivity index is 1.47. The second-order valence-corrected chi connectivity index (χ2v) is 10.3.